The molecule has 1 aromatic rings. The number of nitrogens with zero attached hydrogens (tertiary/aromatic N) is 1. The second kappa shape index (κ2) is 4.56. The van der Waals surface area contributed by atoms with Gasteiger partial charge >= 0.3 is 5.97 Å². The maximum absolute atomic E-state index is 11.0. The second-order valence-electron chi connectivity index (χ2n) is 3.72. The van der Waals surface area contributed by atoms with Gasteiger partial charge in [-0.05, 0) is 23.3 Å². The molecule has 2 rings (SSSR count). The summed E-state index contributed by atoms with van der Waals surface area (Å²) >= 11 is 4.63. The molecule has 0 fully saturated rings. The summed E-state index contributed by atoms with van der Waals surface area (Å²) in [6, 6.07) is 7.72. The summed E-state index contributed by atoms with van der Waals surface area (Å²) in [6.07, 6.45) is 0.450. The van der Waals surface area contributed by atoms with Crippen molar-refractivity contribution < 1.29 is 9.53 Å². The molecular formula is C12H11NO2S. The number of rotatable bonds is 2. The van der Waals surface area contributed by atoms with Crippen molar-refractivity contribution in [3.05, 3.63) is 35.4 Å². The molecule has 3 nitrogen and oxygen atoms in total. The van der Waals surface area contributed by atoms with Crippen molar-refractivity contribution in [2.24, 2.45) is 4.99 Å². The molecule has 0 heterocycles. The van der Waals surface area contributed by atoms with Crippen LogP contribution in [0.1, 0.15) is 24.1 Å². The van der Waals surface area contributed by atoms with E-state index in [1.165, 1.54) is 6.92 Å². The van der Waals surface area contributed by atoms with Gasteiger partial charge in [-0.25, -0.2) is 4.99 Å². The Hall–Kier alpha value is -1.51. The van der Waals surface area contributed by atoms with Gasteiger partial charge in [0.15, 0.2) is 0 Å². The predicted octanol–water partition coefficient (Wildman–Crippen LogP) is 2.32. The van der Waals surface area contributed by atoms with E-state index < -0.39 is 0 Å². The Morgan fingerprint density at radius 2 is 2.31 bits per heavy atom. The number of aliphatic imine (C=N–C) groups is 1. The maximum atomic E-state index is 11.0. The predicted molar refractivity (Wildman–Crippen MR) is 63.5 cm³/mol. The van der Waals surface area contributed by atoms with E-state index in [9.17, 15) is 4.79 Å². The molecule has 0 radical (unpaired) electrons. The van der Waals surface area contributed by atoms with Gasteiger partial charge in [0.05, 0.1) is 5.16 Å². The van der Waals surface area contributed by atoms with Crippen molar-refractivity contribution in [2.45, 2.75) is 25.5 Å². The van der Waals surface area contributed by atoms with E-state index in [2.05, 4.69) is 22.4 Å². The fourth-order valence-electron chi connectivity index (χ4n) is 2.07. The highest BCUT2D eigenvalue weighted by molar-refractivity contribution is 7.78. The number of carbonyl (C=O) groups is 1. The number of isothiocyanates is 1. The fourth-order valence-corrected chi connectivity index (χ4v) is 2.18. The average Bonchev–Trinajstić information content (AvgIpc) is 2.57. The van der Waals surface area contributed by atoms with Crippen LogP contribution in [-0.2, 0) is 16.0 Å². The normalized spacial score (nSPS) is 22.1. The molecule has 0 saturated carbocycles. The summed E-state index contributed by atoms with van der Waals surface area (Å²) in [5.41, 5.74) is 2.24. The highest BCUT2D eigenvalue weighted by atomic mass is 32.1. The number of benzene rings is 1. The van der Waals surface area contributed by atoms with Gasteiger partial charge in [0.25, 0.3) is 0 Å². The van der Waals surface area contributed by atoms with Crippen LogP contribution in [0.2, 0.25) is 0 Å². The minimum Gasteiger partial charge on any atom is -0.460 e. The molecule has 0 amide bonds. The number of thiocarbonyl (C=S) groups is 1. The molecule has 0 aromatic heterocycles. The molecule has 16 heavy (non-hydrogen) atoms. The third kappa shape index (κ3) is 2.03. The van der Waals surface area contributed by atoms with Crippen molar-refractivity contribution >= 4 is 23.3 Å². The minimum atomic E-state index is -0.289. The van der Waals surface area contributed by atoms with Gasteiger partial charge < -0.3 is 4.74 Å². The van der Waals surface area contributed by atoms with Crippen molar-refractivity contribution in [2.75, 3.05) is 0 Å². The molecular weight excluding hydrogens is 222 g/mol. The van der Waals surface area contributed by atoms with Crippen LogP contribution in [0.5, 0.6) is 0 Å². The Morgan fingerprint density at radius 1 is 1.56 bits per heavy atom. The van der Waals surface area contributed by atoms with Crippen LogP contribution in [0, 0.1) is 0 Å². The zero-order chi connectivity index (χ0) is 11.5. The van der Waals surface area contributed by atoms with Gasteiger partial charge in [-0.2, -0.15) is 0 Å². The molecule has 4 heteroatoms. The monoisotopic (exact) mass is 233 g/mol. The Balaban J connectivity index is 2.33. The summed E-state index contributed by atoms with van der Waals surface area (Å²) < 4.78 is 5.24. The average molecular weight is 233 g/mol. The van der Waals surface area contributed by atoms with Crippen molar-refractivity contribution in [1.82, 2.24) is 0 Å². The van der Waals surface area contributed by atoms with Gasteiger partial charge in [0.2, 0.25) is 0 Å². The first-order valence-corrected chi connectivity index (χ1v) is 5.45. The molecule has 1 aliphatic carbocycles. The third-order valence-corrected chi connectivity index (χ3v) is 2.76. The number of hydrogen-bond acceptors (Lipinski definition) is 4. The standard InChI is InChI=1S/C12H11NO2S/c1-8(14)15-11-6-9-4-2-3-5-10(9)12(11)13-7-16/h2-5,11-12H,6H2,1H3/t11-,12+/m1/s1. The van der Waals surface area contributed by atoms with Crippen molar-refractivity contribution in [3.8, 4) is 0 Å². The molecule has 0 N–H and O–H groups in total. The zero-order valence-corrected chi connectivity index (χ0v) is 9.66. The van der Waals surface area contributed by atoms with Gasteiger partial charge in [0, 0.05) is 13.3 Å². The smallest absolute Gasteiger partial charge is 0.303 e. The van der Waals surface area contributed by atoms with E-state index in [1.807, 2.05) is 24.3 Å². The fraction of sp³-hybridized carbons (Fsp3) is 0.333. The Kier molecular flexibility index (Phi) is 3.13. The quantitative estimate of drug-likeness (QED) is 0.447. The van der Waals surface area contributed by atoms with Crippen LogP contribution in [0.4, 0.5) is 0 Å². The summed E-state index contributed by atoms with van der Waals surface area (Å²) in [5, 5.41) is 2.37. The number of fused-ring (bicyclic) bond motifs is 1. The van der Waals surface area contributed by atoms with Crippen LogP contribution >= 0.6 is 12.2 Å². The van der Waals surface area contributed by atoms with Crippen LogP contribution in [0.15, 0.2) is 29.3 Å². The molecule has 1 aliphatic rings. The van der Waals surface area contributed by atoms with E-state index in [1.54, 1.807) is 0 Å². The number of ether oxygens (including phenoxy) is 1. The van der Waals surface area contributed by atoms with Gasteiger partial charge in [0.1, 0.15) is 12.1 Å². The lowest BCUT2D eigenvalue weighted by Gasteiger charge is -2.15. The SMILES string of the molecule is CC(=O)O[C@@H]1Cc2ccccc2[C@@H]1N=C=S. The summed E-state index contributed by atoms with van der Waals surface area (Å²) in [5.74, 6) is -0.289. The summed E-state index contributed by atoms with van der Waals surface area (Å²) in [4.78, 5) is 15.1. The maximum Gasteiger partial charge on any atom is 0.303 e. The first-order valence-electron chi connectivity index (χ1n) is 5.04. The molecule has 0 unspecified atom stereocenters. The van der Waals surface area contributed by atoms with E-state index in [-0.39, 0.29) is 18.1 Å². The highest BCUT2D eigenvalue weighted by Gasteiger charge is 2.34. The van der Waals surface area contributed by atoms with Crippen LogP contribution in [-0.4, -0.2) is 17.2 Å². The topological polar surface area (TPSA) is 38.7 Å². The van der Waals surface area contributed by atoms with E-state index in [0.29, 0.717) is 6.42 Å². The van der Waals surface area contributed by atoms with Crippen molar-refractivity contribution in [1.29, 1.82) is 0 Å². The number of hydrogen-bond donors (Lipinski definition) is 0. The Labute approximate surface area is 99.1 Å². The van der Waals surface area contributed by atoms with E-state index in [0.717, 1.165) is 11.1 Å². The molecule has 1 aromatic carbocycles. The largest absolute Gasteiger partial charge is 0.460 e. The molecule has 0 spiro atoms. The van der Waals surface area contributed by atoms with Gasteiger partial charge in [-0.3, -0.25) is 4.79 Å². The molecule has 0 bridgehead atoms. The van der Waals surface area contributed by atoms with Crippen molar-refractivity contribution in [3.63, 3.8) is 0 Å². The lowest BCUT2D eigenvalue weighted by molar-refractivity contribution is -0.146. The van der Waals surface area contributed by atoms with Crippen LogP contribution < -0.4 is 0 Å². The molecule has 0 saturated heterocycles. The lowest BCUT2D eigenvalue weighted by Crippen LogP contribution is -2.19. The first-order chi connectivity index (χ1) is 7.72. The van der Waals surface area contributed by atoms with Gasteiger partial charge in [-0.15, -0.1) is 0 Å². The van der Waals surface area contributed by atoms with Crippen LogP contribution in [0.3, 0.4) is 0 Å². The molecule has 2 atom stereocenters. The van der Waals surface area contributed by atoms with Gasteiger partial charge in [-0.1, -0.05) is 24.3 Å². The Bertz CT molecular complexity index is 466. The molecule has 0 aliphatic heterocycles. The third-order valence-electron chi connectivity index (χ3n) is 2.66. The second-order valence-corrected chi connectivity index (χ2v) is 3.90. The first kappa shape index (κ1) is 11.0. The lowest BCUT2D eigenvalue weighted by atomic mass is 10.1. The Morgan fingerprint density at radius 3 is 3.00 bits per heavy atom. The summed E-state index contributed by atoms with van der Waals surface area (Å²) in [6.45, 7) is 1.40. The minimum absolute atomic E-state index is 0.197. The summed E-state index contributed by atoms with van der Waals surface area (Å²) in [7, 11) is 0. The highest BCUT2D eigenvalue weighted by Crippen LogP contribution is 2.35. The number of esters is 1. The zero-order valence-electron chi connectivity index (χ0n) is 8.84. The van der Waals surface area contributed by atoms with E-state index in [4.69, 9.17) is 4.74 Å². The van der Waals surface area contributed by atoms with Crippen LogP contribution in [0.25, 0.3) is 0 Å². The van der Waals surface area contributed by atoms with E-state index >= 15 is 0 Å². The number of carbonyl (C=O) groups excluding carboxylic acids is 1. The molecule has 82 valence electrons.